The van der Waals surface area contributed by atoms with Crippen molar-refractivity contribution in [3.05, 3.63) is 71.5 Å². The van der Waals surface area contributed by atoms with E-state index >= 15 is 0 Å². The third-order valence-electron chi connectivity index (χ3n) is 5.99. The summed E-state index contributed by atoms with van der Waals surface area (Å²) in [5.41, 5.74) is -0.187. The lowest BCUT2D eigenvalue weighted by Gasteiger charge is -2.19. The van der Waals surface area contributed by atoms with Crippen molar-refractivity contribution >= 4 is 42.1 Å². The minimum atomic E-state index is -0.661. The van der Waals surface area contributed by atoms with E-state index in [4.69, 9.17) is 28.4 Å². The first-order valence-corrected chi connectivity index (χ1v) is 15.9. The van der Waals surface area contributed by atoms with Gasteiger partial charge in [-0.1, -0.05) is 24.3 Å². The van der Waals surface area contributed by atoms with Crippen LogP contribution in [0.15, 0.2) is 60.4 Å². The van der Waals surface area contributed by atoms with Crippen molar-refractivity contribution in [3.8, 4) is 23.0 Å². The van der Waals surface area contributed by atoms with E-state index in [1.165, 1.54) is 50.7 Å². The largest absolute Gasteiger partial charge is 0.508 e. The SMILES string of the molecule is COc1cc(/C=C/C(=O)/C=C(O)/C=C/c2ccc(OC(=O)CCNC(=O)OC(C)(C)C)c(OC)c2)ccc1OC(=O)CCNC(=O)OC(C)(C)C. The maximum atomic E-state index is 12.5. The smallest absolute Gasteiger partial charge is 0.407 e. The molecule has 0 saturated heterocycles. The van der Waals surface area contributed by atoms with Crippen LogP contribution < -0.4 is 29.6 Å². The number of esters is 2. The van der Waals surface area contributed by atoms with E-state index in [0.717, 1.165) is 6.08 Å². The molecule has 0 aliphatic carbocycles. The number of methoxy groups -OCH3 is 2. The Kier molecular flexibility index (Phi) is 15.8. The summed E-state index contributed by atoms with van der Waals surface area (Å²) in [6.07, 6.45) is 5.10. The maximum Gasteiger partial charge on any atom is 0.407 e. The standard InChI is InChI=1S/C37H46N2O12/c1-36(2,3)50-34(44)38-19-17-32(42)48-28-15-11-24(21-30(28)46-7)9-13-26(40)23-27(41)14-10-25-12-16-29(31(22-25)47-8)49-33(43)18-20-39-35(45)51-37(4,5)6/h9-16,21-23,40H,17-20H2,1-8H3,(H,38,44)(H,39,45)/b13-9+,14-10+,26-23-. The van der Waals surface area contributed by atoms with Crippen LogP contribution in [-0.2, 0) is 23.9 Å². The van der Waals surface area contributed by atoms with Gasteiger partial charge in [0, 0.05) is 19.2 Å². The number of rotatable bonds is 15. The zero-order valence-electron chi connectivity index (χ0n) is 30.1. The van der Waals surface area contributed by atoms with Gasteiger partial charge in [0.05, 0.1) is 27.1 Å². The zero-order chi connectivity index (χ0) is 38.2. The summed E-state index contributed by atoms with van der Waals surface area (Å²) in [6.45, 7) is 10.4. The van der Waals surface area contributed by atoms with Crippen molar-refractivity contribution in [2.45, 2.75) is 65.6 Å². The molecule has 51 heavy (non-hydrogen) atoms. The van der Waals surface area contributed by atoms with Gasteiger partial charge in [-0.05, 0) is 89.1 Å². The third-order valence-corrected chi connectivity index (χ3v) is 5.99. The lowest BCUT2D eigenvalue weighted by Crippen LogP contribution is -2.34. The molecule has 14 heteroatoms. The van der Waals surface area contributed by atoms with Crippen LogP contribution in [0.2, 0.25) is 0 Å². The molecule has 0 aromatic heterocycles. The molecule has 0 aliphatic heterocycles. The Labute approximate surface area is 297 Å². The quantitative estimate of drug-likeness (QED) is 0.0637. The van der Waals surface area contributed by atoms with Crippen molar-refractivity contribution < 1.29 is 57.5 Å². The number of aliphatic hydroxyl groups excluding tert-OH is 1. The lowest BCUT2D eigenvalue weighted by atomic mass is 10.1. The number of hydrogen-bond acceptors (Lipinski definition) is 12. The Morgan fingerprint density at radius 1 is 0.647 bits per heavy atom. The highest BCUT2D eigenvalue weighted by atomic mass is 16.6. The average molecular weight is 711 g/mol. The van der Waals surface area contributed by atoms with Gasteiger partial charge in [-0.3, -0.25) is 14.4 Å². The van der Waals surface area contributed by atoms with Crippen LogP contribution in [0.4, 0.5) is 9.59 Å². The number of carbonyl (C=O) groups is 5. The molecule has 0 unspecified atom stereocenters. The van der Waals surface area contributed by atoms with E-state index in [1.54, 1.807) is 65.8 Å². The topological polar surface area (TPSA) is 185 Å². The van der Waals surface area contributed by atoms with Crippen LogP contribution in [0, 0.1) is 0 Å². The molecule has 2 aromatic rings. The molecule has 0 heterocycles. The fourth-order valence-electron chi connectivity index (χ4n) is 3.86. The lowest BCUT2D eigenvalue weighted by molar-refractivity contribution is -0.135. The van der Waals surface area contributed by atoms with Gasteiger partial charge in [-0.2, -0.15) is 0 Å². The monoisotopic (exact) mass is 710 g/mol. The molecule has 0 saturated carbocycles. The molecule has 0 fully saturated rings. The fraction of sp³-hybridized carbons (Fsp3) is 0.378. The first kappa shape index (κ1) is 41.4. The molecular weight excluding hydrogens is 664 g/mol. The molecule has 2 aromatic carbocycles. The summed E-state index contributed by atoms with van der Waals surface area (Å²) >= 11 is 0. The van der Waals surface area contributed by atoms with Crippen molar-refractivity contribution in [1.29, 1.82) is 0 Å². The summed E-state index contributed by atoms with van der Waals surface area (Å²) in [4.78, 5) is 60.4. The van der Waals surface area contributed by atoms with Crippen LogP contribution in [0.25, 0.3) is 12.2 Å². The number of ketones is 1. The van der Waals surface area contributed by atoms with Crippen LogP contribution in [0.5, 0.6) is 23.0 Å². The van der Waals surface area contributed by atoms with Crippen molar-refractivity contribution in [3.63, 3.8) is 0 Å². The highest BCUT2D eigenvalue weighted by molar-refractivity contribution is 6.02. The summed E-state index contributed by atoms with van der Waals surface area (Å²) < 4.78 is 31.6. The second-order valence-electron chi connectivity index (χ2n) is 12.8. The highest BCUT2D eigenvalue weighted by Gasteiger charge is 2.18. The summed E-state index contributed by atoms with van der Waals surface area (Å²) in [6, 6.07) is 9.36. The normalized spacial score (nSPS) is 11.9. The van der Waals surface area contributed by atoms with Gasteiger partial charge < -0.3 is 44.2 Å². The van der Waals surface area contributed by atoms with E-state index in [2.05, 4.69) is 10.6 Å². The molecule has 0 aliphatic rings. The van der Waals surface area contributed by atoms with Crippen molar-refractivity contribution in [1.82, 2.24) is 10.6 Å². The number of benzene rings is 2. The molecule has 2 amide bonds. The minimum Gasteiger partial charge on any atom is -0.508 e. The zero-order valence-corrected chi connectivity index (χ0v) is 30.1. The van der Waals surface area contributed by atoms with Gasteiger partial charge in [-0.15, -0.1) is 0 Å². The maximum absolute atomic E-state index is 12.5. The Bertz CT molecular complexity index is 1650. The van der Waals surface area contributed by atoms with Crippen molar-refractivity contribution in [2.75, 3.05) is 27.3 Å². The number of alkyl carbamates (subject to hydrolysis) is 2. The second-order valence-corrected chi connectivity index (χ2v) is 12.8. The van der Waals surface area contributed by atoms with Crippen LogP contribution in [-0.4, -0.2) is 73.5 Å². The first-order valence-electron chi connectivity index (χ1n) is 15.9. The van der Waals surface area contributed by atoms with Crippen LogP contribution in [0.3, 0.4) is 0 Å². The minimum absolute atomic E-state index is 0.0192. The van der Waals surface area contributed by atoms with E-state index in [0.29, 0.717) is 11.1 Å². The second kappa shape index (κ2) is 19.4. The molecule has 0 atom stereocenters. The number of carbonyl (C=O) groups excluding carboxylic acids is 5. The molecule has 3 N–H and O–H groups in total. The van der Waals surface area contributed by atoms with Crippen LogP contribution in [0.1, 0.15) is 65.5 Å². The molecule has 0 bridgehead atoms. The van der Waals surface area contributed by atoms with Gasteiger partial charge in [0.2, 0.25) is 0 Å². The summed E-state index contributed by atoms with van der Waals surface area (Å²) in [7, 11) is 2.80. The number of ether oxygens (including phenoxy) is 6. The Balaban J connectivity index is 1.93. The predicted molar refractivity (Wildman–Crippen MR) is 189 cm³/mol. The molecule has 14 nitrogen and oxygen atoms in total. The third kappa shape index (κ3) is 16.9. The van der Waals surface area contributed by atoms with E-state index in [9.17, 15) is 29.1 Å². The van der Waals surface area contributed by atoms with Gasteiger partial charge in [-0.25, -0.2) is 9.59 Å². The van der Waals surface area contributed by atoms with E-state index in [1.807, 2.05) is 0 Å². The Morgan fingerprint density at radius 2 is 1.06 bits per heavy atom. The van der Waals surface area contributed by atoms with Crippen molar-refractivity contribution in [2.24, 2.45) is 0 Å². The van der Waals surface area contributed by atoms with Gasteiger partial charge in [0.15, 0.2) is 28.8 Å². The summed E-state index contributed by atoms with van der Waals surface area (Å²) in [5, 5.41) is 15.3. The molecule has 0 spiro atoms. The number of hydrogen-bond donors (Lipinski definition) is 3. The number of amides is 2. The fourth-order valence-corrected chi connectivity index (χ4v) is 3.86. The van der Waals surface area contributed by atoms with Gasteiger partial charge >= 0.3 is 24.1 Å². The molecule has 2 rings (SSSR count). The number of allylic oxidation sites excluding steroid dienone is 3. The Hall–Kier alpha value is -5.79. The Morgan fingerprint density at radius 3 is 1.45 bits per heavy atom. The predicted octanol–water partition coefficient (Wildman–Crippen LogP) is 6.08. The molecular formula is C37H46N2O12. The number of aliphatic hydroxyl groups is 1. The average Bonchev–Trinajstić information content (AvgIpc) is 3.02. The van der Waals surface area contributed by atoms with Crippen LogP contribution >= 0.6 is 0 Å². The van der Waals surface area contributed by atoms with Gasteiger partial charge in [0.25, 0.3) is 0 Å². The highest BCUT2D eigenvalue weighted by Crippen LogP contribution is 2.30. The van der Waals surface area contributed by atoms with E-state index < -0.39 is 41.1 Å². The van der Waals surface area contributed by atoms with E-state index in [-0.39, 0.29) is 54.7 Å². The first-order chi connectivity index (χ1) is 23.9. The van der Waals surface area contributed by atoms with Gasteiger partial charge in [0.1, 0.15) is 17.0 Å². The summed E-state index contributed by atoms with van der Waals surface area (Å²) in [5.74, 6) is -1.23. The number of nitrogens with one attached hydrogen (secondary N) is 2. The molecule has 276 valence electrons. The molecule has 0 radical (unpaired) electrons.